The van der Waals surface area contributed by atoms with Crippen LogP contribution in [0.25, 0.3) is 11.4 Å². The minimum Gasteiger partial charge on any atom is -0.342 e. The Bertz CT molecular complexity index is 713. The molecule has 2 aliphatic rings. The summed E-state index contributed by atoms with van der Waals surface area (Å²) in [4.78, 5) is 18.7. The fourth-order valence-electron chi connectivity index (χ4n) is 3.24. The number of carbonyl (C=O) groups excluding carboxylic acids is 1. The lowest BCUT2D eigenvalue weighted by Gasteiger charge is -2.30. The third kappa shape index (κ3) is 3.00. The zero-order valence-corrected chi connectivity index (χ0v) is 13.4. The minimum atomic E-state index is 0.268. The van der Waals surface area contributed by atoms with Crippen molar-refractivity contribution in [1.29, 1.82) is 0 Å². The molecule has 1 aromatic heterocycles. The molecule has 4 rings (SSSR count). The summed E-state index contributed by atoms with van der Waals surface area (Å²) in [6, 6.07) is 8.11. The fraction of sp³-hybridized carbons (Fsp3) is 0.500. The topological polar surface area (TPSA) is 59.2 Å². The van der Waals surface area contributed by atoms with Crippen molar-refractivity contribution in [2.24, 2.45) is 5.92 Å². The molecular formula is C18H21N3O2. The molecule has 0 bridgehead atoms. The molecule has 1 saturated carbocycles. The van der Waals surface area contributed by atoms with Gasteiger partial charge in [-0.15, -0.1) is 0 Å². The van der Waals surface area contributed by atoms with E-state index >= 15 is 0 Å². The number of benzene rings is 1. The highest BCUT2D eigenvalue weighted by atomic mass is 16.5. The van der Waals surface area contributed by atoms with Gasteiger partial charge in [0, 0.05) is 30.5 Å². The number of aromatic nitrogens is 2. The predicted octanol–water partition coefficient (Wildman–Crippen LogP) is 3.16. The second kappa shape index (κ2) is 5.80. The first-order valence-electron chi connectivity index (χ1n) is 8.40. The summed E-state index contributed by atoms with van der Waals surface area (Å²) in [6.45, 7) is 3.67. The van der Waals surface area contributed by atoms with Gasteiger partial charge in [0.1, 0.15) is 0 Å². The second-order valence-electron chi connectivity index (χ2n) is 6.70. The summed E-state index contributed by atoms with van der Waals surface area (Å²) >= 11 is 0. The molecule has 120 valence electrons. The highest BCUT2D eigenvalue weighted by Gasteiger charge is 2.35. The van der Waals surface area contributed by atoms with Crippen LogP contribution in [0, 0.1) is 12.8 Å². The third-order valence-corrected chi connectivity index (χ3v) is 4.80. The molecule has 0 spiro atoms. The third-order valence-electron chi connectivity index (χ3n) is 4.80. The Morgan fingerprint density at radius 1 is 1.22 bits per heavy atom. The summed E-state index contributed by atoms with van der Waals surface area (Å²) < 4.78 is 5.49. The normalized spacial score (nSPS) is 19.1. The monoisotopic (exact) mass is 311 g/mol. The van der Waals surface area contributed by atoms with Crippen LogP contribution < -0.4 is 0 Å². The van der Waals surface area contributed by atoms with Gasteiger partial charge in [0.15, 0.2) is 0 Å². The van der Waals surface area contributed by atoms with Gasteiger partial charge >= 0.3 is 0 Å². The number of carbonyl (C=O) groups is 1. The summed E-state index contributed by atoms with van der Waals surface area (Å²) in [5, 5.41) is 4.13. The zero-order chi connectivity index (χ0) is 15.8. The number of hydrogen-bond acceptors (Lipinski definition) is 4. The largest absolute Gasteiger partial charge is 0.342 e. The molecule has 2 heterocycles. The van der Waals surface area contributed by atoms with Gasteiger partial charge < -0.3 is 9.42 Å². The summed E-state index contributed by atoms with van der Waals surface area (Å²) in [6.07, 6.45) is 3.96. The molecule has 0 unspecified atom stereocenters. The van der Waals surface area contributed by atoms with Crippen molar-refractivity contribution >= 4 is 5.91 Å². The Balaban J connectivity index is 1.42. The first-order valence-corrected chi connectivity index (χ1v) is 8.40. The first kappa shape index (κ1) is 14.4. The number of likely N-dealkylation sites (tertiary alicyclic amines) is 1. The van der Waals surface area contributed by atoms with Crippen LogP contribution in [-0.2, 0) is 4.79 Å². The van der Waals surface area contributed by atoms with Crippen LogP contribution in [0.1, 0.15) is 43.1 Å². The molecule has 23 heavy (non-hydrogen) atoms. The van der Waals surface area contributed by atoms with E-state index in [0.717, 1.165) is 44.3 Å². The zero-order valence-electron chi connectivity index (χ0n) is 13.4. The maximum absolute atomic E-state index is 12.1. The van der Waals surface area contributed by atoms with Crippen molar-refractivity contribution < 1.29 is 9.32 Å². The second-order valence-corrected chi connectivity index (χ2v) is 6.70. The quantitative estimate of drug-likeness (QED) is 0.873. The van der Waals surface area contributed by atoms with Gasteiger partial charge in [-0.3, -0.25) is 4.79 Å². The standard InChI is InChI=1S/C18H21N3O2/c1-12-3-2-4-15(11-12)16-19-17(23-20-16)13-7-9-21(10-8-13)18(22)14-5-6-14/h2-4,11,13-14H,5-10H2,1H3. The Morgan fingerprint density at radius 3 is 2.70 bits per heavy atom. The molecule has 1 amide bonds. The van der Waals surface area contributed by atoms with Crippen LogP contribution in [0.4, 0.5) is 0 Å². The molecule has 1 aliphatic heterocycles. The van der Waals surface area contributed by atoms with Crippen LogP contribution in [0.5, 0.6) is 0 Å². The van der Waals surface area contributed by atoms with Crippen LogP contribution in [0.15, 0.2) is 28.8 Å². The average molecular weight is 311 g/mol. The van der Waals surface area contributed by atoms with Crippen molar-refractivity contribution in [3.05, 3.63) is 35.7 Å². The van der Waals surface area contributed by atoms with E-state index in [9.17, 15) is 4.79 Å². The Labute approximate surface area is 135 Å². The van der Waals surface area contributed by atoms with Gasteiger partial charge in [-0.1, -0.05) is 28.9 Å². The summed E-state index contributed by atoms with van der Waals surface area (Å²) in [7, 11) is 0. The first-order chi connectivity index (χ1) is 11.2. The Kier molecular flexibility index (Phi) is 3.63. The number of piperidine rings is 1. The average Bonchev–Trinajstić information content (AvgIpc) is 3.31. The number of aryl methyl sites for hydroxylation is 1. The van der Waals surface area contributed by atoms with E-state index in [4.69, 9.17) is 4.52 Å². The van der Waals surface area contributed by atoms with Crippen LogP contribution in [-0.4, -0.2) is 34.0 Å². The molecule has 0 N–H and O–H groups in total. The summed E-state index contributed by atoms with van der Waals surface area (Å²) in [5.41, 5.74) is 2.17. The van der Waals surface area contributed by atoms with E-state index in [0.29, 0.717) is 23.5 Å². The fourth-order valence-corrected chi connectivity index (χ4v) is 3.24. The Morgan fingerprint density at radius 2 is 2.00 bits per heavy atom. The predicted molar refractivity (Wildman–Crippen MR) is 85.8 cm³/mol. The molecule has 1 aromatic carbocycles. The molecule has 0 radical (unpaired) electrons. The van der Waals surface area contributed by atoms with Crippen molar-refractivity contribution in [2.75, 3.05) is 13.1 Å². The van der Waals surface area contributed by atoms with Crippen molar-refractivity contribution in [3.63, 3.8) is 0 Å². The van der Waals surface area contributed by atoms with Crippen molar-refractivity contribution in [3.8, 4) is 11.4 Å². The molecule has 5 nitrogen and oxygen atoms in total. The lowest BCUT2D eigenvalue weighted by atomic mass is 9.96. The molecule has 2 aromatic rings. The number of rotatable bonds is 3. The van der Waals surface area contributed by atoms with Gasteiger partial charge in [0.05, 0.1) is 0 Å². The van der Waals surface area contributed by atoms with E-state index < -0.39 is 0 Å². The van der Waals surface area contributed by atoms with E-state index in [1.807, 2.05) is 17.0 Å². The smallest absolute Gasteiger partial charge is 0.230 e. The molecule has 5 heteroatoms. The minimum absolute atomic E-state index is 0.268. The molecule has 2 fully saturated rings. The van der Waals surface area contributed by atoms with E-state index in [-0.39, 0.29) is 5.92 Å². The van der Waals surface area contributed by atoms with Gasteiger partial charge in [0.25, 0.3) is 0 Å². The number of amides is 1. The van der Waals surface area contributed by atoms with E-state index in [2.05, 4.69) is 29.2 Å². The van der Waals surface area contributed by atoms with Gasteiger partial charge in [0.2, 0.25) is 17.6 Å². The van der Waals surface area contributed by atoms with Crippen LogP contribution in [0.2, 0.25) is 0 Å². The maximum atomic E-state index is 12.1. The number of hydrogen-bond donors (Lipinski definition) is 0. The van der Waals surface area contributed by atoms with Gasteiger partial charge in [-0.25, -0.2) is 0 Å². The van der Waals surface area contributed by atoms with E-state index in [1.165, 1.54) is 5.56 Å². The van der Waals surface area contributed by atoms with Gasteiger partial charge in [-0.2, -0.15) is 4.98 Å². The highest BCUT2D eigenvalue weighted by Crippen LogP contribution is 2.34. The molecule has 0 atom stereocenters. The van der Waals surface area contributed by atoms with E-state index in [1.54, 1.807) is 0 Å². The van der Waals surface area contributed by atoms with Crippen molar-refractivity contribution in [2.45, 2.75) is 38.5 Å². The maximum Gasteiger partial charge on any atom is 0.230 e. The SMILES string of the molecule is Cc1cccc(-c2noc(C3CCN(C(=O)C4CC4)CC3)n2)c1. The number of nitrogens with zero attached hydrogens (tertiary/aromatic N) is 3. The van der Waals surface area contributed by atoms with Crippen molar-refractivity contribution in [1.82, 2.24) is 15.0 Å². The summed E-state index contributed by atoms with van der Waals surface area (Å²) in [5.74, 6) is 2.28. The molecule has 1 saturated heterocycles. The van der Waals surface area contributed by atoms with Crippen LogP contribution in [0.3, 0.4) is 0 Å². The highest BCUT2D eigenvalue weighted by molar-refractivity contribution is 5.81. The van der Waals surface area contributed by atoms with Gasteiger partial charge in [-0.05, 0) is 38.7 Å². The Hall–Kier alpha value is -2.17. The van der Waals surface area contributed by atoms with Crippen LogP contribution >= 0.6 is 0 Å². The molecule has 1 aliphatic carbocycles. The lowest BCUT2D eigenvalue weighted by Crippen LogP contribution is -2.38. The lowest BCUT2D eigenvalue weighted by molar-refractivity contribution is -0.133. The molecular weight excluding hydrogens is 290 g/mol.